The highest BCUT2D eigenvalue weighted by Gasteiger charge is 2.41. The molecule has 18 heavy (non-hydrogen) atoms. The fourth-order valence-electron chi connectivity index (χ4n) is 2.82. The molecule has 0 aromatic carbocycles. The molecule has 2 N–H and O–H groups in total. The zero-order valence-electron chi connectivity index (χ0n) is 11.7. The minimum Gasteiger partial charge on any atom is -0.371 e. The molecule has 0 unspecified atom stereocenters. The summed E-state index contributed by atoms with van der Waals surface area (Å²) in [6.45, 7) is 5.04. The molecule has 1 heterocycles. The summed E-state index contributed by atoms with van der Waals surface area (Å²) in [5.41, 5.74) is 7.10. The molecule has 0 aliphatic heterocycles. The quantitative estimate of drug-likeness (QED) is 0.862. The summed E-state index contributed by atoms with van der Waals surface area (Å²) in [6.07, 6.45) is 5.57. The molecule has 0 spiro atoms. The maximum atomic E-state index is 5.95. The lowest BCUT2D eigenvalue weighted by molar-refractivity contribution is -0.0221. The lowest BCUT2D eigenvalue weighted by Gasteiger charge is -2.39. The normalized spacial score (nSPS) is 18.7. The smallest absolute Gasteiger partial charge is 0.125 e. The van der Waals surface area contributed by atoms with Crippen LogP contribution in [0.15, 0.2) is 5.38 Å². The fraction of sp³-hybridized carbons (Fsp3) is 0.786. The average molecular weight is 268 g/mol. The van der Waals surface area contributed by atoms with Crippen molar-refractivity contribution < 1.29 is 4.74 Å². The van der Waals surface area contributed by atoms with Crippen molar-refractivity contribution in [2.75, 3.05) is 13.7 Å². The van der Waals surface area contributed by atoms with Gasteiger partial charge in [-0.3, -0.25) is 0 Å². The average Bonchev–Trinajstić information content (AvgIpc) is 2.82. The SMILES string of the molecule is CCC(CC)(OC)c1nc(C2(CN)CCC2)cs1. The third-order valence-electron chi connectivity index (χ3n) is 4.67. The summed E-state index contributed by atoms with van der Waals surface area (Å²) in [6, 6.07) is 0. The number of hydrogen-bond donors (Lipinski definition) is 1. The number of rotatable bonds is 6. The number of thiazole rings is 1. The third-order valence-corrected chi connectivity index (χ3v) is 5.70. The first-order valence-corrected chi connectivity index (χ1v) is 7.76. The van der Waals surface area contributed by atoms with Crippen molar-refractivity contribution >= 4 is 11.3 Å². The molecule has 0 radical (unpaired) electrons. The van der Waals surface area contributed by atoms with E-state index in [9.17, 15) is 0 Å². The van der Waals surface area contributed by atoms with Gasteiger partial charge in [0.15, 0.2) is 0 Å². The van der Waals surface area contributed by atoms with Crippen molar-refractivity contribution in [3.05, 3.63) is 16.1 Å². The highest BCUT2D eigenvalue weighted by Crippen LogP contribution is 2.44. The van der Waals surface area contributed by atoms with Crippen molar-refractivity contribution in [3.63, 3.8) is 0 Å². The van der Waals surface area contributed by atoms with Crippen LogP contribution >= 0.6 is 11.3 Å². The van der Waals surface area contributed by atoms with Gasteiger partial charge in [0.05, 0.1) is 5.69 Å². The molecule has 1 aliphatic carbocycles. The molecule has 0 amide bonds. The Morgan fingerprint density at radius 2 is 2.11 bits per heavy atom. The van der Waals surface area contributed by atoms with E-state index >= 15 is 0 Å². The van der Waals surface area contributed by atoms with Gasteiger partial charge in [-0.15, -0.1) is 11.3 Å². The predicted octanol–water partition coefficient (Wildman–Crippen LogP) is 3.19. The van der Waals surface area contributed by atoms with Gasteiger partial charge in [0.25, 0.3) is 0 Å². The minimum absolute atomic E-state index is 0.162. The van der Waals surface area contributed by atoms with Crippen LogP contribution in [-0.4, -0.2) is 18.6 Å². The second kappa shape index (κ2) is 5.27. The Bertz CT molecular complexity index is 380. The Labute approximate surface area is 114 Å². The van der Waals surface area contributed by atoms with E-state index < -0.39 is 0 Å². The first-order valence-electron chi connectivity index (χ1n) is 6.88. The molecule has 2 rings (SSSR count). The molecule has 3 nitrogen and oxygen atoms in total. The van der Waals surface area contributed by atoms with Gasteiger partial charge < -0.3 is 10.5 Å². The number of hydrogen-bond acceptors (Lipinski definition) is 4. The molecule has 0 atom stereocenters. The number of nitrogens with two attached hydrogens (primary N) is 1. The maximum absolute atomic E-state index is 5.95. The molecule has 1 aromatic rings. The largest absolute Gasteiger partial charge is 0.371 e. The highest BCUT2D eigenvalue weighted by molar-refractivity contribution is 7.09. The van der Waals surface area contributed by atoms with Crippen LogP contribution in [0, 0.1) is 0 Å². The van der Waals surface area contributed by atoms with E-state index in [0.717, 1.165) is 17.8 Å². The summed E-state index contributed by atoms with van der Waals surface area (Å²) in [7, 11) is 1.79. The van der Waals surface area contributed by atoms with Crippen LogP contribution in [0.3, 0.4) is 0 Å². The van der Waals surface area contributed by atoms with Crippen LogP contribution in [0.4, 0.5) is 0 Å². The second-order valence-electron chi connectivity index (χ2n) is 5.28. The molecular formula is C14H24N2OS. The minimum atomic E-state index is -0.206. The lowest BCUT2D eigenvalue weighted by Crippen LogP contribution is -2.42. The van der Waals surface area contributed by atoms with Crippen molar-refractivity contribution in [2.24, 2.45) is 5.73 Å². The number of nitrogens with zero attached hydrogens (tertiary/aromatic N) is 1. The van der Waals surface area contributed by atoms with E-state index in [1.165, 1.54) is 25.0 Å². The Morgan fingerprint density at radius 3 is 2.50 bits per heavy atom. The van der Waals surface area contributed by atoms with Crippen LogP contribution in [-0.2, 0) is 15.8 Å². The van der Waals surface area contributed by atoms with Crippen LogP contribution < -0.4 is 5.73 Å². The van der Waals surface area contributed by atoms with Gasteiger partial charge in [0.1, 0.15) is 10.6 Å². The molecular weight excluding hydrogens is 244 g/mol. The van der Waals surface area contributed by atoms with Gasteiger partial charge in [-0.25, -0.2) is 4.98 Å². The Morgan fingerprint density at radius 1 is 1.44 bits per heavy atom. The van der Waals surface area contributed by atoms with Gasteiger partial charge in [-0.05, 0) is 25.7 Å². The monoisotopic (exact) mass is 268 g/mol. The standard InChI is InChI=1S/C14H24N2OS/c1-4-14(5-2,17-3)12-16-11(9-18-12)13(10-15)7-6-8-13/h9H,4-8,10,15H2,1-3H3. The Kier molecular flexibility index (Phi) is 4.09. The first-order chi connectivity index (χ1) is 8.66. The Balaban J connectivity index is 2.29. The summed E-state index contributed by atoms with van der Waals surface area (Å²) in [5, 5.41) is 3.31. The van der Waals surface area contributed by atoms with Gasteiger partial charge in [0.2, 0.25) is 0 Å². The lowest BCUT2D eigenvalue weighted by atomic mass is 9.67. The molecule has 4 heteroatoms. The van der Waals surface area contributed by atoms with Crippen LogP contribution in [0.1, 0.15) is 56.7 Å². The molecule has 1 aromatic heterocycles. The van der Waals surface area contributed by atoms with E-state index in [0.29, 0.717) is 6.54 Å². The van der Waals surface area contributed by atoms with Crippen molar-refractivity contribution in [2.45, 2.75) is 57.0 Å². The van der Waals surface area contributed by atoms with Gasteiger partial charge in [-0.2, -0.15) is 0 Å². The second-order valence-corrected chi connectivity index (χ2v) is 6.14. The van der Waals surface area contributed by atoms with Gasteiger partial charge in [0, 0.05) is 24.4 Å². The van der Waals surface area contributed by atoms with E-state index in [1.54, 1.807) is 18.4 Å². The molecule has 1 saturated carbocycles. The molecule has 1 aliphatic rings. The van der Waals surface area contributed by atoms with Gasteiger partial charge in [-0.1, -0.05) is 20.3 Å². The summed E-state index contributed by atoms with van der Waals surface area (Å²) in [5.74, 6) is 0. The van der Waals surface area contributed by atoms with E-state index in [2.05, 4.69) is 19.2 Å². The van der Waals surface area contributed by atoms with Crippen LogP contribution in [0.25, 0.3) is 0 Å². The van der Waals surface area contributed by atoms with Crippen LogP contribution in [0.5, 0.6) is 0 Å². The first kappa shape index (κ1) is 14.0. The number of ether oxygens (including phenoxy) is 1. The highest BCUT2D eigenvalue weighted by atomic mass is 32.1. The van der Waals surface area contributed by atoms with E-state index in [1.807, 2.05) is 0 Å². The van der Waals surface area contributed by atoms with Crippen molar-refractivity contribution in [1.82, 2.24) is 4.98 Å². The Hall–Kier alpha value is -0.450. The predicted molar refractivity (Wildman–Crippen MR) is 76.0 cm³/mol. The molecule has 1 fully saturated rings. The van der Waals surface area contributed by atoms with Crippen LogP contribution in [0.2, 0.25) is 0 Å². The molecule has 102 valence electrons. The fourth-order valence-corrected chi connectivity index (χ4v) is 4.09. The molecule has 0 bridgehead atoms. The maximum Gasteiger partial charge on any atom is 0.125 e. The number of aromatic nitrogens is 1. The third kappa shape index (κ3) is 2.00. The van der Waals surface area contributed by atoms with E-state index in [-0.39, 0.29) is 11.0 Å². The summed E-state index contributed by atoms with van der Waals surface area (Å²) in [4.78, 5) is 4.87. The zero-order chi connectivity index (χ0) is 13.2. The van der Waals surface area contributed by atoms with Gasteiger partial charge >= 0.3 is 0 Å². The van der Waals surface area contributed by atoms with E-state index in [4.69, 9.17) is 15.5 Å². The van der Waals surface area contributed by atoms with Crippen molar-refractivity contribution in [3.8, 4) is 0 Å². The zero-order valence-corrected chi connectivity index (χ0v) is 12.5. The molecule has 0 saturated heterocycles. The van der Waals surface area contributed by atoms with Crippen molar-refractivity contribution in [1.29, 1.82) is 0 Å². The number of methoxy groups -OCH3 is 1. The summed E-state index contributed by atoms with van der Waals surface area (Å²) < 4.78 is 5.75. The topological polar surface area (TPSA) is 48.1 Å². The summed E-state index contributed by atoms with van der Waals surface area (Å²) >= 11 is 1.73.